The minimum absolute atomic E-state index is 0.164. The van der Waals surface area contributed by atoms with Gasteiger partial charge in [-0.3, -0.25) is 4.79 Å². The summed E-state index contributed by atoms with van der Waals surface area (Å²) in [4.78, 5) is 10.5. The molecule has 1 fully saturated rings. The molecule has 1 rings (SSSR count). The van der Waals surface area contributed by atoms with Gasteiger partial charge in [-0.2, -0.15) is 0 Å². The lowest BCUT2D eigenvalue weighted by Gasteiger charge is -2.04. The summed E-state index contributed by atoms with van der Waals surface area (Å²) in [6.07, 6.45) is 2.33. The molecule has 58 valence electrons. The van der Waals surface area contributed by atoms with Gasteiger partial charge in [-0.15, -0.1) is 0 Å². The van der Waals surface area contributed by atoms with Crippen molar-refractivity contribution < 1.29 is 14.6 Å². The first kappa shape index (κ1) is 7.54. The van der Waals surface area contributed by atoms with Crippen LogP contribution in [0.4, 0.5) is 0 Å². The number of hydrogen-bond acceptors (Lipinski definition) is 2. The van der Waals surface area contributed by atoms with E-state index in [4.69, 9.17) is 9.84 Å². The lowest BCUT2D eigenvalue weighted by atomic mass is 10.0. The highest BCUT2D eigenvalue weighted by molar-refractivity contribution is 5.69. The van der Waals surface area contributed by atoms with Crippen molar-refractivity contribution >= 4 is 5.97 Å². The first-order valence-corrected chi connectivity index (χ1v) is 3.61. The van der Waals surface area contributed by atoms with Gasteiger partial charge in [-0.05, 0) is 19.3 Å². The maximum atomic E-state index is 10.5. The van der Waals surface area contributed by atoms with E-state index in [9.17, 15) is 4.79 Å². The minimum Gasteiger partial charge on any atom is -0.481 e. The molecule has 0 aromatic heterocycles. The number of carboxylic acids is 1. The zero-order chi connectivity index (χ0) is 7.40. The Bertz CT molecular complexity index is 114. The monoisotopic (exact) mass is 144 g/mol. The Morgan fingerprint density at radius 2 is 2.20 bits per heavy atom. The van der Waals surface area contributed by atoms with E-state index in [2.05, 4.69) is 0 Å². The first-order valence-electron chi connectivity index (χ1n) is 3.61. The summed E-state index contributed by atoms with van der Waals surface area (Å²) in [7, 11) is 0. The molecule has 0 amide bonds. The van der Waals surface area contributed by atoms with Gasteiger partial charge in [0, 0.05) is 13.2 Å². The number of carboxylic acid groups (broad SMARTS) is 1. The molecule has 0 aliphatic carbocycles. The molecule has 0 saturated carbocycles. The molecule has 0 radical (unpaired) electrons. The SMILES string of the molecule is O=C(O)[C@@H]1CCCOCC1. The zero-order valence-electron chi connectivity index (χ0n) is 5.88. The van der Waals surface area contributed by atoms with E-state index < -0.39 is 5.97 Å². The molecule has 10 heavy (non-hydrogen) atoms. The number of rotatable bonds is 1. The van der Waals surface area contributed by atoms with Crippen molar-refractivity contribution in [2.45, 2.75) is 19.3 Å². The normalized spacial score (nSPS) is 27.4. The largest absolute Gasteiger partial charge is 0.481 e. The maximum absolute atomic E-state index is 10.5. The lowest BCUT2D eigenvalue weighted by Crippen LogP contribution is -2.13. The summed E-state index contributed by atoms with van der Waals surface area (Å²) in [6.45, 7) is 1.33. The van der Waals surface area contributed by atoms with E-state index in [-0.39, 0.29) is 5.92 Å². The molecule has 1 atom stereocenters. The summed E-state index contributed by atoms with van der Waals surface area (Å²) >= 11 is 0. The van der Waals surface area contributed by atoms with Crippen LogP contribution in [0, 0.1) is 5.92 Å². The Hall–Kier alpha value is -0.570. The van der Waals surface area contributed by atoms with Crippen molar-refractivity contribution in [2.24, 2.45) is 5.92 Å². The molecule has 3 heteroatoms. The number of carbonyl (C=O) groups is 1. The number of ether oxygens (including phenoxy) is 1. The smallest absolute Gasteiger partial charge is 0.306 e. The van der Waals surface area contributed by atoms with E-state index >= 15 is 0 Å². The molecule has 1 saturated heterocycles. The van der Waals surface area contributed by atoms with E-state index in [1.807, 2.05) is 0 Å². The Labute approximate surface area is 60.0 Å². The van der Waals surface area contributed by atoms with E-state index in [1.165, 1.54) is 0 Å². The van der Waals surface area contributed by atoms with Gasteiger partial charge in [0.15, 0.2) is 0 Å². The van der Waals surface area contributed by atoms with Crippen LogP contribution >= 0.6 is 0 Å². The van der Waals surface area contributed by atoms with Crippen molar-refractivity contribution in [3.05, 3.63) is 0 Å². The molecule has 1 aliphatic heterocycles. The topological polar surface area (TPSA) is 46.5 Å². The van der Waals surface area contributed by atoms with Crippen LogP contribution in [0.2, 0.25) is 0 Å². The van der Waals surface area contributed by atoms with Gasteiger partial charge in [0.05, 0.1) is 5.92 Å². The third-order valence-electron chi connectivity index (χ3n) is 1.80. The molecule has 0 spiro atoms. The summed E-state index contributed by atoms with van der Waals surface area (Å²) < 4.78 is 5.11. The van der Waals surface area contributed by atoms with Crippen molar-refractivity contribution in [3.8, 4) is 0 Å². The van der Waals surface area contributed by atoms with Crippen LogP contribution in [-0.2, 0) is 9.53 Å². The van der Waals surface area contributed by atoms with Crippen LogP contribution in [0.1, 0.15) is 19.3 Å². The van der Waals surface area contributed by atoms with Crippen LogP contribution < -0.4 is 0 Å². The fourth-order valence-corrected chi connectivity index (χ4v) is 1.15. The molecule has 0 aromatic carbocycles. The average Bonchev–Trinajstić information content (AvgIpc) is 2.12. The van der Waals surface area contributed by atoms with Crippen LogP contribution in [-0.4, -0.2) is 24.3 Å². The molecule has 0 bridgehead atoms. The quantitative estimate of drug-likeness (QED) is 0.594. The second kappa shape index (κ2) is 3.56. The number of hydrogen-bond donors (Lipinski definition) is 1. The Morgan fingerprint density at radius 1 is 1.40 bits per heavy atom. The van der Waals surface area contributed by atoms with Gasteiger partial charge in [0.1, 0.15) is 0 Å². The van der Waals surface area contributed by atoms with Crippen LogP contribution in [0.3, 0.4) is 0 Å². The Kier molecular flexibility index (Phi) is 2.68. The predicted molar refractivity (Wildman–Crippen MR) is 35.8 cm³/mol. The minimum atomic E-state index is -0.675. The third-order valence-corrected chi connectivity index (χ3v) is 1.80. The summed E-state index contributed by atoms with van der Waals surface area (Å²) in [6, 6.07) is 0. The highest BCUT2D eigenvalue weighted by Crippen LogP contribution is 2.15. The van der Waals surface area contributed by atoms with Crippen molar-refractivity contribution in [2.75, 3.05) is 13.2 Å². The highest BCUT2D eigenvalue weighted by Gasteiger charge is 2.18. The standard InChI is InChI=1S/C7H12O3/c8-7(9)6-2-1-4-10-5-3-6/h6H,1-5H2,(H,8,9)/t6-/m1/s1. The molecule has 0 aromatic rings. The van der Waals surface area contributed by atoms with E-state index in [1.54, 1.807) is 0 Å². The van der Waals surface area contributed by atoms with E-state index in [0.717, 1.165) is 19.4 Å². The van der Waals surface area contributed by atoms with Crippen LogP contribution in [0.5, 0.6) is 0 Å². The van der Waals surface area contributed by atoms with E-state index in [0.29, 0.717) is 13.0 Å². The van der Waals surface area contributed by atoms with Gasteiger partial charge in [-0.1, -0.05) is 0 Å². The molecule has 1 heterocycles. The fraction of sp³-hybridized carbons (Fsp3) is 0.857. The Morgan fingerprint density at radius 3 is 2.90 bits per heavy atom. The molecule has 1 aliphatic rings. The van der Waals surface area contributed by atoms with Crippen LogP contribution in [0.15, 0.2) is 0 Å². The fourth-order valence-electron chi connectivity index (χ4n) is 1.15. The van der Waals surface area contributed by atoms with Crippen molar-refractivity contribution in [1.82, 2.24) is 0 Å². The molecular formula is C7H12O3. The molecule has 3 nitrogen and oxygen atoms in total. The van der Waals surface area contributed by atoms with Gasteiger partial charge >= 0.3 is 5.97 Å². The zero-order valence-corrected chi connectivity index (χ0v) is 5.88. The van der Waals surface area contributed by atoms with Gasteiger partial charge in [0.25, 0.3) is 0 Å². The summed E-state index contributed by atoms with van der Waals surface area (Å²) in [5, 5.41) is 8.61. The van der Waals surface area contributed by atoms with Crippen molar-refractivity contribution in [1.29, 1.82) is 0 Å². The highest BCUT2D eigenvalue weighted by atomic mass is 16.5. The molecular weight excluding hydrogens is 132 g/mol. The predicted octanol–water partition coefficient (Wildman–Crippen LogP) is 0.888. The second-order valence-electron chi connectivity index (χ2n) is 2.58. The first-order chi connectivity index (χ1) is 4.80. The molecule has 1 N–H and O–H groups in total. The summed E-state index contributed by atoms with van der Waals surface area (Å²) in [5.41, 5.74) is 0. The van der Waals surface area contributed by atoms with Gasteiger partial charge in [0.2, 0.25) is 0 Å². The van der Waals surface area contributed by atoms with Crippen molar-refractivity contribution in [3.63, 3.8) is 0 Å². The Balaban J connectivity index is 2.35. The average molecular weight is 144 g/mol. The third kappa shape index (κ3) is 1.99. The maximum Gasteiger partial charge on any atom is 0.306 e. The molecule has 0 unspecified atom stereocenters. The number of aliphatic carboxylic acids is 1. The summed E-state index contributed by atoms with van der Waals surface area (Å²) in [5.74, 6) is -0.840. The second-order valence-corrected chi connectivity index (χ2v) is 2.58. The van der Waals surface area contributed by atoms with Crippen LogP contribution in [0.25, 0.3) is 0 Å². The van der Waals surface area contributed by atoms with Gasteiger partial charge in [-0.25, -0.2) is 0 Å². The van der Waals surface area contributed by atoms with Gasteiger partial charge < -0.3 is 9.84 Å². The lowest BCUT2D eigenvalue weighted by molar-refractivity contribution is -0.142.